The minimum Gasteiger partial charge on any atom is -0.331 e. The quantitative estimate of drug-likeness (QED) is 0.136. The van der Waals surface area contributed by atoms with Crippen molar-refractivity contribution in [3.63, 3.8) is 0 Å². The third kappa shape index (κ3) is 4.60. The molecule has 0 radical (unpaired) electrons. The van der Waals surface area contributed by atoms with E-state index in [2.05, 4.69) is 160 Å². The molecule has 3 unspecified atom stereocenters. The van der Waals surface area contributed by atoms with Gasteiger partial charge in [-0.2, -0.15) is 10.5 Å². The number of hydrogen-bond acceptors (Lipinski definition) is 3. The van der Waals surface area contributed by atoms with Gasteiger partial charge >= 0.3 is 0 Å². The van der Waals surface area contributed by atoms with E-state index in [1.54, 1.807) is 0 Å². The van der Waals surface area contributed by atoms with Gasteiger partial charge in [-0.1, -0.05) is 114 Å². The predicted molar refractivity (Wildman–Crippen MR) is 208 cm³/mol. The minimum absolute atomic E-state index is 0.113. The van der Waals surface area contributed by atoms with Crippen molar-refractivity contribution < 1.29 is 0 Å². The fourth-order valence-electron chi connectivity index (χ4n) is 8.27. The molecule has 0 spiro atoms. The van der Waals surface area contributed by atoms with Crippen LogP contribution in [0.1, 0.15) is 47.4 Å². The maximum absolute atomic E-state index is 10.5. The first kappa shape index (κ1) is 29.7. The molecule has 0 N–H and O–H groups in total. The second kappa shape index (κ2) is 11.7. The van der Waals surface area contributed by atoms with E-state index in [0.29, 0.717) is 11.1 Å². The lowest BCUT2D eigenvalue weighted by molar-refractivity contribution is 0.721. The minimum atomic E-state index is -0.129. The Morgan fingerprint density at radius 2 is 1.67 bits per heavy atom. The third-order valence-corrected chi connectivity index (χ3v) is 12.1. The molecule has 3 aliphatic carbocycles. The molecule has 4 aromatic carbocycles. The molecule has 5 aromatic rings. The van der Waals surface area contributed by atoms with Gasteiger partial charge in [-0.25, -0.2) is 0 Å². The molecule has 4 aliphatic rings. The van der Waals surface area contributed by atoms with Crippen molar-refractivity contribution in [1.82, 2.24) is 4.57 Å². The van der Waals surface area contributed by atoms with Crippen molar-refractivity contribution in [3.05, 3.63) is 173 Å². The van der Waals surface area contributed by atoms with Gasteiger partial charge in [-0.15, -0.1) is 0 Å². The number of para-hydroxylation sites is 2. The number of allylic oxidation sites excluding steroid dienone is 8. The Bertz CT molecular complexity index is 2470. The van der Waals surface area contributed by atoms with Crippen LogP contribution < -0.4 is 4.90 Å². The second-order valence-electron chi connectivity index (χ2n) is 13.1. The molecule has 1 aliphatic heterocycles. The molecule has 49 heavy (non-hydrogen) atoms. The molecule has 0 bridgehead atoms. The normalized spacial score (nSPS) is 22.3. The van der Waals surface area contributed by atoms with E-state index in [9.17, 15) is 10.5 Å². The summed E-state index contributed by atoms with van der Waals surface area (Å²) in [6.45, 7) is 0. The van der Waals surface area contributed by atoms with Crippen molar-refractivity contribution in [1.29, 1.82) is 10.5 Å². The topological polar surface area (TPSA) is 55.8 Å². The summed E-state index contributed by atoms with van der Waals surface area (Å²) in [6.07, 6.45) is 23.4. The summed E-state index contributed by atoms with van der Waals surface area (Å²) in [4.78, 5) is 2.46. The van der Waals surface area contributed by atoms with Gasteiger partial charge in [0.15, 0.2) is 0 Å². The smallest absolute Gasteiger partial charge is 0.101 e. The van der Waals surface area contributed by atoms with Crippen molar-refractivity contribution >= 4 is 55.7 Å². The van der Waals surface area contributed by atoms with Crippen LogP contribution in [0.4, 0.5) is 5.69 Å². The molecule has 3 atom stereocenters. The Morgan fingerprint density at radius 1 is 0.816 bits per heavy atom. The predicted octanol–water partition coefficient (Wildman–Crippen LogP) is 10.7. The Labute approximate surface area is 299 Å². The van der Waals surface area contributed by atoms with Crippen LogP contribution in [0.5, 0.6) is 0 Å². The highest BCUT2D eigenvalue weighted by atomic mass is 127. The molecule has 5 heteroatoms. The maximum atomic E-state index is 10.5. The molecular weight excluding hydrogens is 711 g/mol. The lowest BCUT2D eigenvalue weighted by Gasteiger charge is -2.37. The Kier molecular flexibility index (Phi) is 7.07. The van der Waals surface area contributed by atoms with E-state index < -0.39 is 0 Å². The average Bonchev–Trinajstić information content (AvgIpc) is 3.63. The van der Waals surface area contributed by atoms with Crippen molar-refractivity contribution in [3.8, 4) is 17.8 Å². The first-order valence-corrected chi connectivity index (χ1v) is 17.9. The van der Waals surface area contributed by atoms with Crippen LogP contribution in [0.15, 0.2) is 151 Å². The van der Waals surface area contributed by atoms with Crippen LogP contribution in [0, 0.1) is 22.7 Å². The van der Waals surface area contributed by atoms with Crippen molar-refractivity contribution in [2.24, 2.45) is 0 Å². The van der Waals surface area contributed by atoms with Gasteiger partial charge in [0.25, 0.3) is 0 Å². The van der Waals surface area contributed by atoms with Crippen LogP contribution in [0.25, 0.3) is 33.1 Å². The van der Waals surface area contributed by atoms with E-state index in [1.165, 1.54) is 22.4 Å². The molecule has 0 saturated heterocycles. The molecule has 2 heterocycles. The number of nitrogens with zero attached hydrogens (tertiary/aromatic N) is 4. The van der Waals surface area contributed by atoms with Crippen LogP contribution in [0.3, 0.4) is 0 Å². The zero-order valence-electron chi connectivity index (χ0n) is 26.7. The zero-order chi connectivity index (χ0) is 33.1. The van der Waals surface area contributed by atoms with Crippen LogP contribution in [-0.4, -0.2) is 14.0 Å². The Hall–Kier alpha value is -5.37. The van der Waals surface area contributed by atoms with E-state index in [1.807, 2.05) is 24.3 Å². The highest BCUT2D eigenvalue weighted by molar-refractivity contribution is 14.1. The average molecular weight is 743 g/mol. The molecule has 0 fully saturated rings. The van der Waals surface area contributed by atoms with Gasteiger partial charge < -0.3 is 9.47 Å². The van der Waals surface area contributed by atoms with E-state index in [0.717, 1.165) is 58.0 Å². The summed E-state index contributed by atoms with van der Waals surface area (Å²) in [5.74, 6) is 0.124. The number of fused-ring (bicyclic) bond motifs is 5. The second-order valence-corrected chi connectivity index (χ2v) is 14.9. The van der Waals surface area contributed by atoms with Crippen molar-refractivity contribution in [2.75, 3.05) is 4.90 Å². The third-order valence-electron chi connectivity index (χ3n) is 10.5. The summed E-state index contributed by atoms with van der Waals surface area (Å²) in [7, 11) is 0. The highest BCUT2D eigenvalue weighted by Gasteiger charge is 2.50. The molecular formula is C44H31IN4. The SMILES string of the molecule is N#Cc1ccc2c(c1)c1ccccc1n2-c1ccc(C2=CC(c3cccc(C#N)c3N3C4=C(CCC=C4)C4(I)C=CC=CC34)CC=C2)cc1. The van der Waals surface area contributed by atoms with Gasteiger partial charge in [0.1, 0.15) is 6.07 Å². The summed E-state index contributed by atoms with van der Waals surface area (Å²) in [6, 6.07) is 34.3. The summed E-state index contributed by atoms with van der Waals surface area (Å²) in [5, 5.41) is 22.2. The summed E-state index contributed by atoms with van der Waals surface area (Å²) < 4.78 is 2.15. The zero-order valence-corrected chi connectivity index (χ0v) is 28.9. The first-order valence-electron chi connectivity index (χ1n) is 16.8. The fraction of sp³-hybridized carbons (Fsp3) is 0.136. The molecule has 0 amide bonds. The van der Waals surface area contributed by atoms with Crippen LogP contribution in [-0.2, 0) is 0 Å². The molecule has 0 saturated carbocycles. The van der Waals surface area contributed by atoms with Crippen LogP contribution >= 0.6 is 22.6 Å². The number of benzene rings is 4. The molecule has 4 nitrogen and oxygen atoms in total. The monoisotopic (exact) mass is 742 g/mol. The molecule has 234 valence electrons. The lowest BCUT2D eigenvalue weighted by atomic mass is 9.84. The number of nitriles is 2. The number of aromatic nitrogens is 1. The number of rotatable bonds is 4. The number of halogens is 1. The molecule has 9 rings (SSSR count). The maximum Gasteiger partial charge on any atom is 0.101 e. The largest absolute Gasteiger partial charge is 0.331 e. The fourth-order valence-corrected chi connectivity index (χ4v) is 9.51. The van der Waals surface area contributed by atoms with Crippen LogP contribution in [0.2, 0.25) is 0 Å². The van der Waals surface area contributed by atoms with Gasteiger partial charge in [-0.3, -0.25) is 0 Å². The number of hydrogen-bond donors (Lipinski definition) is 0. The van der Waals surface area contributed by atoms with Gasteiger partial charge in [0.05, 0.1) is 43.4 Å². The first-order chi connectivity index (χ1) is 24.1. The van der Waals surface area contributed by atoms with Gasteiger partial charge in [-0.05, 0) is 90.1 Å². The van der Waals surface area contributed by atoms with Gasteiger partial charge in [0.2, 0.25) is 0 Å². The molecule has 1 aromatic heterocycles. The van der Waals surface area contributed by atoms with Gasteiger partial charge in [0, 0.05) is 28.1 Å². The lowest BCUT2D eigenvalue weighted by Crippen LogP contribution is -2.42. The summed E-state index contributed by atoms with van der Waals surface area (Å²) >= 11 is 2.65. The van der Waals surface area contributed by atoms with Crippen molar-refractivity contribution in [2.45, 2.75) is 34.6 Å². The van der Waals surface area contributed by atoms with E-state index in [4.69, 9.17) is 0 Å². The standard InChI is InChI=1S/C44H31IN4/c45-44-24-6-5-17-42(44)49(41-16-4-2-14-38(41)44)43-33(28-47)11-8-13-35(43)32-10-7-9-31(26-32)30-19-21-34(22-20-30)48-39-15-3-1-12-36(39)37-25-29(27-46)18-23-40(37)48/h1,3-9,11-13,15-26,32,42H,2,10,14H2. The highest BCUT2D eigenvalue weighted by Crippen LogP contribution is 2.54. The van der Waals surface area contributed by atoms with E-state index >= 15 is 0 Å². The summed E-state index contributed by atoms with van der Waals surface area (Å²) in [5.41, 5.74) is 11.9. The number of anilines is 1. The Balaban J connectivity index is 1.11. The van der Waals surface area contributed by atoms with E-state index in [-0.39, 0.29) is 15.4 Å². The Morgan fingerprint density at radius 3 is 2.53 bits per heavy atom. The number of alkyl halides is 1.